The Labute approximate surface area is 211 Å². The van der Waals surface area contributed by atoms with Gasteiger partial charge in [-0.2, -0.15) is 0 Å². The van der Waals surface area contributed by atoms with E-state index in [0.29, 0.717) is 13.0 Å². The van der Waals surface area contributed by atoms with Gasteiger partial charge in [-0.25, -0.2) is 0 Å². The van der Waals surface area contributed by atoms with Crippen LogP contribution in [0.1, 0.15) is 46.0 Å². The van der Waals surface area contributed by atoms with Crippen LogP contribution in [-0.2, 0) is 28.4 Å². The molecular formula is C23H43NO12. The van der Waals surface area contributed by atoms with Gasteiger partial charge in [-0.3, -0.25) is 0 Å². The molecule has 0 amide bonds. The highest BCUT2D eigenvalue weighted by molar-refractivity contribution is 4.92. The minimum Gasteiger partial charge on any atom is -0.390 e. The molecule has 3 rings (SSSR count). The summed E-state index contributed by atoms with van der Waals surface area (Å²) >= 11 is 0. The fourth-order valence-corrected chi connectivity index (χ4v) is 4.47. The van der Waals surface area contributed by atoms with Crippen molar-refractivity contribution in [1.82, 2.24) is 0 Å². The first-order chi connectivity index (χ1) is 17.1. The topological polar surface area (TPSA) is 203 Å². The van der Waals surface area contributed by atoms with Crippen LogP contribution in [0.25, 0.3) is 0 Å². The number of hydrogen-bond acceptors (Lipinski definition) is 13. The molecule has 36 heavy (non-hydrogen) atoms. The lowest BCUT2D eigenvalue weighted by molar-refractivity contribution is -0.354. The summed E-state index contributed by atoms with van der Waals surface area (Å²) in [5.74, 6) is 0. The highest BCUT2D eigenvalue weighted by Crippen LogP contribution is 2.30. The molecule has 3 fully saturated rings. The van der Waals surface area contributed by atoms with E-state index in [4.69, 9.17) is 34.2 Å². The molecule has 13 heteroatoms. The number of unbranched alkanes of at least 4 members (excludes halogenated alkanes) is 2. The summed E-state index contributed by atoms with van der Waals surface area (Å²) in [6.07, 6.45) is -11.3. The maximum Gasteiger partial charge on any atom is 0.186 e. The summed E-state index contributed by atoms with van der Waals surface area (Å²) in [6.45, 7) is 3.87. The summed E-state index contributed by atoms with van der Waals surface area (Å²) in [4.78, 5) is 0. The Morgan fingerprint density at radius 3 is 1.94 bits per heavy atom. The van der Waals surface area contributed by atoms with E-state index in [-0.39, 0.29) is 26.1 Å². The second-order valence-electron chi connectivity index (χ2n) is 9.84. The Morgan fingerprint density at radius 1 is 0.694 bits per heavy atom. The van der Waals surface area contributed by atoms with Gasteiger partial charge in [-0.05, 0) is 39.7 Å². The van der Waals surface area contributed by atoms with Gasteiger partial charge in [0, 0.05) is 19.4 Å². The molecule has 13 nitrogen and oxygen atoms in total. The van der Waals surface area contributed by atoms with E-state index in [9.17, 15) is 30.6 Å². The predicted octanol–water partition coefficient (Wildman–Crippen LogP) is -2.31. The first-order valence-electron chi connectivity index (χ1n) is 12.8. The van der Waals surface area contributed by atoms with Crippen LogP contribution in [0.3, 0.4) is 0 Å². The van der Waals surface area contributed by atoms with Crippen LogP contribution in [0.5, 0.6) is 0 Å². The summed E-state index contributed by atoms with van der Waals surface area (Å²) in [5.41, 5.74) is 5.51. The van der Waals surface area contributed by atoms with Crippen LogP contribution < -0.4 is 5.73 Å². The maximum absolute atomic E-state index is 11.0. The van der Waals surface area contributed by atoms with E-state index < -0.39 is 79.9 Å². The van der Waals surface area contributed by atoms with Crippen molar-refractivity contribution in [3.63, 3.8) is 0 Å². The molecule has 0 spiro atoms. The number of aliphatic hydroxyl groups is 6. The van der Waals surface area contributed by atoms with E-state index in [1.165, 1.54) is 0 Å². The van der Waals surface area contributed by atoms with Crippen molar-refractivity contribution in [1.29, 1.82) is 0 Å². The number of hydrogen-bond donors (Lipinski definition) is 7. The van der Waals surface area contributed by atoms with Crippen molar-refractivity contribution in [2.75, 3.05) is 19.8 Å². The maximum atomic E-state index is 11.0. The molecule has 0 aromatic heterocycles. The van der Waals surface area contributed by atoms with E-state index in [0.717, 1.165) is 12.8 Å². The standard InChI is InChI=1S/C23H43NO12/c1-11-13(25)8-15(27)21(33-11)32-10-17-18(29)20(36-22-16(28)9-14(26)12(2)34-22)19(30)23(35-17)31-7-5-3-4-6-24/h11-23,25-30H,3-10,24H2,1-2H3/t11-,12-,13-,14-,15-,16-,17+,18+,19+,20-,21+,22-,23-/m0/s1. The molecule has 3 saturated heterocycles. The summed E-state index contributed by atoms with van der Waals surface area (Å²) in [6, 6.07) is 0. The number of ether oxygens (including phenoxy) is 6. The Kier molecular flexibility index (Phi) is 11.7. The van der Waals surface area contributed by atoms with Crippen LogP contribution in [0.15, 0.2) is 0 Å². The second-order valence-corrected chi connectivity index (χ2v) is 9.84. The van der Waals surface area contributed by atoms with Crippen LogP contribution in [0, 0.1) is 0 Å². The highest BCUT2D eigenvalue weighted by Gasteiger charge is 2.49. The largest absolute Gasteiger partial charge is 0.390 e. The molecule has 0 bridgehead atoms. The van der Waals surface area contributed by atoms with Crippen molar-refractivity contribution in [3.05, 3.63) is 0 Å². The molecule has 212 valence electrons. The lowest BCUT2D eigenvalue weighted by Gasteiger charge is -2.45. The molecule has 0 aromatic carbocycles. The van der Waals surface area contributed by atoms with Crippen molar-refractivity contribution in [2.45, 2.75) is 126 Å². The lowest BCUT2D eigenvalue weighted by atomic mass is 9.98. The zero-order valence-corrected chi connectivity index (χ0v) is 20.9. The number of nitrogens with two attached hydrogens (primary N) is 1. The van der Waals surface area contributed by atoms with Gasteiger partial charge in [0.1, 0.15) is 36.6 Å². The fourth-order valence-electron chi connectivity index (χ4n) is 4.47. The molecule has 3 aliphatic rings. The predicted molar refractivity (Wildman–Crippen MR) is 122 cm³/mol. The van der Waals surface area contributed by atoms with Crippen molar-refractivity contribution in [2.24, 2.45) is 5.73 Å². The fraction of sp³-hybridized carbons (Fsp3) is 1.00. The Morgan fingerprint density at radius 2 is 1.31 bits per heavy atom. The van der Waals surface area contributed by atoms with E-state index >= 15 is 0 Å². The van der Waals surface area contributed by atoms with Crippen molar-refractivity contribution < 1.29 is 59.1 Å². The molecule has 3 aliphatic heterocycles. The molecule has 0 unspecified atom stereocenters. The monoisotopic (exact) mass is 525 g/mol. The van der Waals surface area contributed by atoms with Gasteiger partial charge >= 0.3 is 0 Å². The zero-order chi connectivity index (χ0) is 26.4. The summed E-state index contributed by atoms with van der Waals surface area (Å²) in [7, 11) is 0. The Bertz CT molecular complexity index is 646. The SMILES string of the molecule is C[C@@H]1O[C@@H](OC[C@H]2O[C@H](OCCCCCN)[C@H](O)[C@@H](O[C@@H]3O[C@@H](C)[C@@H](O)C[C@@H]3O)[C@@H]2O)[C@@H](O)C[C@@H]1O. The van der Waals surface area contributed by atoms with E-state index in [1.807, 2.05) is 0 Å². The van der Waals surface area contributed by atoms with Crippen molar-refractivity contribution in [3.8, 4) is 0 Å². The Balaban J connectivity index is 1.66. The lowest BCUT2D eigenvalue weighted by Crippen LogP contribution is -2.62. The van der Waals surface area contributed by atoms with Gasteiger partial charge in [0.2, 0.25) is 0 Å². The van der Waals surface area contributed by atoms with E-state index in [1.54, 1.807) is 13.8 Å². The average molecular weight is 526 g/mol. The van der Waals surface area contributed by atoms with Gasteiger partial charge in [-0.15, -0.1) is 0 Å². The summed E-state index contributed by atoms with van der Waals surface area (Å²) < 4.78 is 34.1. The number of rotatable bonds is 11. The first-order valence-corrected chi connectivity index (χ1v) is 12.8. The normalized spacial score (nSPS) is 46.1. The molecule has 0 radical (unpaired) electrons. The average Bonchev–Trinajstić information content (AvgIpc) is 2.83. The molecule has 0 saturated carbocycles. The minimum atomic E-state index is -1.42. The van der Waals surface area contributed by atoms with Gasteiger partial charge in [0.05, 0.1) is 31.0 Å². The Hall–Kier alpha value is -0.520. The van der Waals surface area contributed by atoms with Gasteiger partial charge < -0.3 is 64.8 Å². The highest BCUT2D eigenvalue weighted by atomic mass is 16.7. The second kappa shape index (κ2) is 14.0. The van der Waals surface area contributed by atoms with Crippen LogP contribution in [-0.4, -0.2) is 130 Å². The molecular weight excluding hydrogens is 482 g/mol. The third kappa shape index (κ3) is 7.76. The van der Waals surface area contributed by atoms with Gasteiger partial charge in [0.15, 0.2) is 18.9 Å². The molecule has 8 N–H and O–H groups in total. The number of aliphatic hydroxyl groups excluding tert-OH is 6. The molecule has 0 aromatic rings. The molecule has 0 aliphatic carbocycles. The smallest absolute Gasteiger partial charge is 0.186 e. The third-order valence-corrected chi connectivity index (χ3v) is 6.86. The van der Waals surface area contributed by atoms with Crippen molar-refractivity contribution >= 4 is 0 Å². The van der Waals surface area contributed by atoms with E-state index in [2.05, 4.69) is 0 Å². The molecule has 13 atom stereocenters. The van der Waals surface area contributed by atoms with Gasteiger partial charge in [0.25, 0.3) is 0 Å². The van der Waals surface area contributed by atoms with Crippen LogP contribution in [0.2, 0.25) is 0 Å². The third-order valence-electron chi connectivity index (χ3n) is 6.86. The van der Waals surface area contributed by atoms with Crippen LogP contribution >= 0.6 is 0 Å². The van der Waals surface area contributed by atoms with Gasteiger partial charge in [-0.1, -0.05) is 0 Å². The molecule has 3 heterocycles. The first kappa shape index (κ1) is 30.0. The van der Waals surface area contributed by atoms with Crippen LogP contribution in [0.4, 0.5) is 0 Å². The minimum absolute atomic E-state index is 0.00972. The quantitative estimate of drug-likeness (QED) is 0.142. The summed E-state index contributed by atoms with van der Waals surface area (Å²) in [5, 5.41) is 62.2. The zero-order valence-electron chi connectivity index (χ0n) is 20.9.